The molecule has 0 atom stereocenters. The number of benzene rings is 1. The van der Waals surface area contributed by atoms with Crippen LogP contribution in [0.2, 0.25) is 0 Å². The molecule has 0 spiro atoms. The number of hydrogen-bond donors (Lipinski definition) is 0. The highest BCUT2D eigenvalue weighted by molar-refractivity contribution is 5.42. The number of hydrogen-bond acceptors (Lipinski definition) is 1. The molecule has 0 N–H and O–H groups in total. The van der Waals surface area contributed by atoms with Gasteiger partial charge in [0, 0.05) is 0 Å². The highest BCUT2D eigenvalue weighted by Crippen LogP contribution is 2.37. The SMILES string of the molecule is CC(C)(C)c1cc(C#N)ccc1C(F)(F)F. The first-order valence-electron chi connectivity index (χ1n) is 4.78. The summed E-state index contributed by atoms with van der Waals surface area (Å²) in [5, 5.41) is 8.69. The van der Waals surface area contributed by atoms with Gasteiger partial charge in [0.05, 0.1) is 17.2 Å². The van der Waals surface area contributed by atoms with Crippen LogP contribution in [0.1, 0.15) is 37.5 Å². The molecule has 0 fully saturated rings. The van der Waals surface area contributed by atoms with E-state index in [1.807, 2.05) is 6.07 Å². The lowest BCUT2D eigenvalue weighted by atomic mass is 9.82. The maximum Gasteiger partial charge on any atom is 0.416 e. The van der Waals surface area contributed by atoms with Crippen molar-refractivity contribution in [3.63, 3.8) is 0 Å². The van der Waals surface area contributed by atoms with Gasteiger partial charge in [-0.2, -0.15) is 18.4 Å². The fourth-order valence-corrected chi connectivity index (χ4v) is 1.48. The number of halogens is 3. The lowest BCUT2D eigenvalue weighted by Gasteiger charge is -2.24. The standard InChI is InChI=1S/C12H12F3N/c1-11(2,3)10-6-8(7-16)4-5-9(10)12(13,14)15/h4-6H,1-3H3. The topological polar surface area (TPSA) is 23.8 Å². The van der Waals surface area contributed by atoms with E-state index in [1.165, 1.54) is 12.1 Å². The minimum absolute atomic E-state index is 0.152. The van der Waals surface area contributed by atoms with Gasteiger partial charge in [-0.3, -0.25) is 0 Å². The van der Waals surface area contributed by atoms with Gasteiger partial charge in [0.1, 0.15) is 0 Å². The molecule has 0 bridgehead atoms. The van der Waals surface area contributed by atoms with Crippen LogP contribution in [-0.2, 0) is 11.6 Å². The summed E-state index contributed by atoms with van der Waals surface area (Å²) in [6.07, 6.45) is -4.38. The van der Waals surface area contributed by atoms with Gasteiger partial charge in [0.25, 0.3) is 0 Å². The lowest BCUT2D eigenvalue weighted by Crippen LogP contribution is -2.19. The molecule has 0 aromatic heterocycles. The van der Waals surface area contributed by atoms with Gasteiger partial charge in [-0.15, -0.1) is 0 Å². The van der Waals surface area contributed by atoms with Crippen LogP contribution >= 0.6 is 0 Å². The summed E-state index contributed by atoms with van der Waals surface area (Å²) in [6, 6.07) is 5.32. The Morgan fingerprint density at radius 1 is 1.06 bits per heavy atom. The number of rotatable bonds is 0. The van der Waals surface area contributed by atoms with Crippen LogP contribution in [-0.4, -0.2) is 0 Å². The van der Waals surface area contributed by atoms with Crippen LogP contribution in [0.5, 0.6) is 0 Å². The molecule has 0 unspecified atom stereocenters. The third-order valence-corrected chi connectivity index (χ3v) is 2.26. The van der Waals surface area contributed by atoms with Crippen LogP contribution < -0.4 is 0 Å². The quantitative estimate of drug-likeness (QED) is 0.659. The monoisotopic (exact) mass is 227 g/mol. The number of alkyl halides is 3. The lowest BCUT2D eigenvalue weighted by molar-refractivity contribution is -0.138. The second-order valence-corrected chi connectivity index (χ2v) is 4.62. The highest BCUT2D eigenvalue weighted by Gasteiger charge is 2.36. The molecule has 0 saturated carbocycles. The van der Waals surface area contributed by atoms with E-state index in [0.29, 0.717) is 0 Å². The zero-order chi connectivity index (χ0) is 12.6. The Labute approximate surface area is 92.5 Å². The molecule has 0 radical (unpaired) electrons. The summed E-state index contributed by atoms with van der Waals surface area (Å²) >= 11 is 0. The van der Waals surface area contributed by atoms with Crippen LogP contribution in [0, 0.1) is 11.3 Å². The molecule has 1 nitrogen and oxygen atoms in total. The summed E-state index contributed by atoms with van der Waals surface area (Å²) < 4.78 is 38.2. The van der Waals surface area contributed by atoms with Crippen molar-refractivity contribution in [2.75, 3.05) is 0 Å². The number of nitrogens with zero attached hydrogens (tertiary/aromatic N) is 1. The predicted molar refractivity (Wildman–Crippen MR) is 54.9 cm³/mol. The van der Waals surface area contributed by atoms with Crippen LogP contribution in [0.4, 0.5) is 13.2 Å². The number of nitriles is 1. The highest BCUT2D eigenvalue weighted by atomic mass is 19.4. The van der Waals surface area contributed by atoms with Gasteiger partial charge < -0.3 is 0 Å². The van der Waals surface area contributed by atoms with Gasteiger partial charge in [0.15, 0.2) is 0 Å². The average Bonchev–Trinajstić information content (AvgIpc) is 2.14. The van der Waals surface area contributed by atoms with Crippen molar-refractivity contribution in [1.29, 1.82) is 5.26 Å². The maximum atomic E-state index is 12.7. The zero-order valence-corrected chi connectivity index (χ0v) is 9.31. The largest absolute Gasteiger partial charge is 0.416 e. The molecule has 1 aromatic carbocycles. The summed E-state index contributed by atoms with van der Waals surface area (Å²) in [7, 11) is 0. The van der Waals surface area contributed by atoms with Crippen LogP contribution in [0.15, 0.2) is 18.2 Å². The Morgan fingerprint density at radius 3 is 2.00 bits per heavy atom. The zero-order valence-electron chi connectivity index (χ0n) is 9.31. The van der Waals surface area contributed by atoms with Gasteiger partial charge in [-0.1, -0.05) is 20.8 Å². The van der Waals surface area contributed by atoms with Crippen molar-refractivity contribution in [3.8, 4) is 6.07 Å². The normalized spacial score (nSPS) is 12.3. The molecule has 0 amide bonds. The van der Waals surface area contributed by atoms with E-state index in [2.05, 4.69) is 0 Å². The Kier molecular flexibility index (Phi) is 3.00. The second kappa shape index (κ2) is 3.82. The molecule has 1 rings (SSSR count). The van der Waals surface area contributed by atoms with Crippen molar-refractivity contribution >= 4 is 0 Å². The van der Waals surface area contributed by atoms with E-state index >= 15 is 0 Å². The Morgan fingerprint density at radius 2 is 1.62 bits per heavy atom. The van der Waals surface area contributed by atoms with Gasteiger partial charge in [0.2, 0.25) is 0 Å². The first-order valence-corrected chi connectivity index (χ1v) is 4.78. The van der Waals surface area contributed by atoms with Crippen molar-refractivity contribution in [2.24, 2.45) is 0 Å². The molecule has 4 heteroatoms. The average molecular weight is 227 g/mol. The summed E-state index contributed by atoms with van der Waals surface area (Å²) in [4.78, 5) is 0. The van der Waals surface area contributed by atoms with E-state index < -0.39 is 17.2 Å². The maximum absolute atomic E-state index is 12.7. The van der Waals surface area contributed by atoms with E-state index in [4.69, 9.17) is 5.26 Å². The fourth-order valence-electron chi connectivity index (χ4n) is 1.48. The molecule has 0 saturated heterocycles. The Balaban J connectivity index is 3.47. The molecule has 0 aliphatic rings. The fraction of sp³-hybridized carbons (Fsp3) is 0.417. The Bertz CT molecular complexity index is 433. The molecular formula is C12H12F3N. The molecule has 1 aromatic rings. The van der Waals surface area contributed by atoms with E-state index in [0.717, 1.165) is 6.07 Å². The van der Waals surface area contributed by atoms with Crippen molar-refractivity contribution in [3.05, 3.63) is 34.9 Å². The molecular weight excluding hydrogens is 215 g/mol. The summed E-state index contributed by atoms with van der Waals surface area (Å²) in [5.74, 6) is 0. The second-order valence-electron chi connectivity index (χ2n) is 4.62. The van der Waals surface area contributed by atoms with Crippen molar-refractivity contribution in [2.45, 2.75) is 32.4 Å². The molecule has 0 heterocycles. The van der Waals surface area contributed by atoms with Crippen LogP contribution in [0.3, 0.4) is 0 Å². The minimum Gasteiger partial charge on any atom is -0.192 e. The van der Waals surface area contributed by atoms with Gasteiger partial charge >= 0.3 is 6.18 Å². The smallest absolute Gasteiger partial charge is 0.192 e. The summed E-state index contributed by atoms with van der Waals surface area (Å²) in [6.45, 7) is 5.08. The van der Waals surface area contributed by atoms with Crippen molar-refractivity contribution in [1.82, 2.24) is 0 Å². The van der Waals surface area contributed by atoms with E-state index in [-0.39, 0.29) is 11.1 Å². The van der Waals surface area contributed by atoms with Crippen molar-refractivity contribution < 1.29 is 13.2 Å². The van der Waals surface area contributed by atoms with E-state index in [9.17, 15) is 13.2 Å². The minimum atomic E-state index is -4.38. The Hall–Kier alpha value is -1.50. The third kappa shape index (κ3) is 2.54. The van der Waals surface area contributed by atoms with Gasteiger partial charge in [-0.25, -0.2) is 0 Å². The third-order valence-electron chi connectivity index (χ3n) is 2.26. The predicted octanol–water partition coefficient (Wildman–Crippen LogP) is 3.87. The molecule has 86 valence electrons. The summed E-state index contributed by atoms with van der Waals surface area (Å²) in [5.41, 5.74) is -0.909. The molecule has 16 heavy (non-hydrogen) atoms. The van der Waals surface area contributed by atoms with E-state index in [1.54, 1.807) is 20.8 Å². The van der Waals surface area contributed by atoms with Crippen LogP contribution in [0.25, 0.3) is 0 Å². The van der Waals surface area contributed by atoms with Gasteiger partial charge in [-0.05, 0) is 29.2 Å². The molecule has 0 aliphatic heterocycles. The first-order chi connectivity index (χ1) is 7.16. The first kappa shape index (κ1) is 12.6. The molecule has 0 aliphatic carbocycles.